The van der Waals surface area contributed by atoms with Gasteiger partial charge in [-0.2, -0.15) is 0 Å². The normalized spacial score (nSPS) is 14.1. The average molecular weight is 433 g/mol. The van der Waals surface area contributed by atoms with E-state index in [1.54, 1.807) is 42.5 Å². The fourth-order valence-electron chi connectivity index (χ4n) is 3.43. The molecule has 4 rings (SSSR count). The summed E-state index contributed by atoms with van der Waals surface area (Å²) in [6.45, 7) is 1.71. The van der Waals surface area contributed by atoms with Crippen molar-refractivity contribution in [2.45, 2.75) is 19.3 Å². The third-order valence-electron chi connectivity index (χ3n) is 4.94. The minimum atomic E-state index is -0.457. The van der Waals surface area contributed by atoms with Gasteiger partial charge in [-0.15, -0.1) is 0 Å². The van der Waals surface area contributed by atoms with E-state index in [4.69, 9.17) is 27.6 Å². The second kappa shape index (κ2) is 8.47. The van der Waals surface area contributed by atoms with E-state index in [1.807, 2.05) is 4.90 Å². The van der Waals surface area contributed by atoms with E-state index >= 15 is 0 Å². The molecule has 0 unspecified atom stereocenters. The van der Waals surface area contributed by atoms with Crippen LogP contribution in [0.4, 0.5) is 15.8 Å². The number of carbonyl (C=O) groups excluding carboxylic acids is 1. The Morgan fingerprint density at radius 2 is 1.76 bits per heavy atom. The molecule has 0 spiro atoms. The van der Waals surface area contributed by atoms with Crippen molar-refractivity contribution in [3.63, 3.8) is 0 Å². The molecule has 1 amide bonds. The van der Waals surface area contributed by atoms with Crippen LogP contribution in [0.1, 0.15) is 29.8 Å². The van der Waals surface area contributed by atoms with Crippen molar-refractivity contribution in [2.24, 2.45) is 0 Å². The molecule has 2 aromatic carbocycles. The number of furan rings is 1. The van der Waals surface area contributed by atoms with Gasteiger partial charge in [-0.05, 0) is 67.8 Å². The van der Waals surface area contributed by atoms with Crippen molar-refractivity contribution in [1.29, 1.82) is 0 Å². The lowest BCUT2D eigenvalue weighted by Crippen LogP contribution is -2.30. The maximum absolute atomic E-state index is 14.5. The summed E-state index contributed by atoms with van der Waals surface area (Å²) in [6, 6.07) is 13.1. The summed E-state index contributed by atoms with van der Waals surface area (Å²) in [5.41, 5.74) is 1.65. The molecule has 0 aliphatic carbocycles. The highest BCUT2D eigenvalue weighted by molar-refractivity contribution is 6.42. The largest absolute Gasteiger partial charge is 0.451 e. The van der Waals surface area contributed by atoms with E-state index in [9.17, 15) is 9.18 Å². The average Bonchev–Trinajstić information content (AvgIpc) is 3.21. The number of hydrogen-bond acceptors (Lipinski definition) is 3. The first-order valence-corrected chi connectivity index (χ1v) is 10.2. The lowest BCUT2D eigenvalue weighted by molar-refractivity contribution is 0.0997. The Morgan fingerprint density at radius 3 is 2.48 bits per heavy atom. The standard InChI is InChI=1S/C22H19Cl2FN2O2/c23-16-6-4-14(12-17(16)24)20-8-9-21(29-20)22(28)26-15-5-7-19(18(25)13-15)27-10-2-1-3-11-27/h4-9,12-13H,1-3,10-11H2,(H,26,28). The Balaban J connectivity index is 1.47. The number of carbonyl (C=O) groups is 1. The molecule has 4 nitrogen and oxygen atoms in total. The summed E-state index contributed by atoms with van der Waals surface area (Å²) in [7, 11) is 0. The summed E-state index contributed by atoms with van der Waals surface area (Å²) in [5.74, 6) is -0.200. The third-order valence-corrected chi connectivity index (χ3v) is 5.68. The Morgan fingerprint density at radius 1 is 0.966 bits per heavy atom. The number of nitrogens with one attached hydrogen (secondary N) is 1. The highest BCUT2D eigenvalue weighted by Crippen LogP contribution is 2.30. The zero-order valence-corrected chi connectivity index (χ0v) is 17.1. The van der Waals surface area contributed by atoms with Crippen LogP contribution in [0, 0.1) is 5.82 Å². The molecule has 1 aliphatic rings. The molecular formula is C22H19Cl2FN2O2. The zero-order chi connectivity index (χ0) is 20.4. The Labute approximate surface area is 178 Å². The lowest BCUT2D eigenvalue weighted by Gasteiger charge is -2.29. The third kappa shape index (κ3) is 4.41. The first-order chi connectivity index (χ1) is 14.0. The molecule has 0 radical (unpaired) electrons. The molecule has 7 heteroatoms. The van der Waals surface area contributed by atoms with Crippen LogP contribution in [0.25, 0.3) is 11.3 Å². The molecule has 1 aromatic heterocycles. The lowest BCUT2D eigenvalue weighted by atomic mass is 10.1. The van der Waals surface area contributed by atoms with E-state index < -0.39 is 5.91 Å². The van der Waals surface area contributed by atoms with Gasteiger partial charge in [0.15, 0.2) is 5.76 Å². The van der Waals surface area contributed by atoms with Gasteiger partial charge >= 0.3 is 0 Å². The van der Waals surface area contributed by atoms with Crippen molar-refractivity contribution in [3.05, 3.63) is 70.2 Å². The van der Waals surface area contributed by atoms with Crippen LogP contribution < -0.4 is 10.2 Å². The molecular weight excluding hydrogens is 414 g/mol. The van der Waals surface area contributed by atoms with Crippen LogP contribution >= 0.6 is 23.2 Å². The van der Waals surface area contributed by atoms with E-state index in [0.29, 0.717) is 32.7 Å². The summed E-state index contributed by atoms with van der Waals surface area (Å²) >= 11 is 12.0. The number of rotatable bonds is 4. The van der Waals surface area contributed by atoms with E-state index in [0.717, 1.165) is 25.9 Å². The minimum absolute atomic E-state index is 0.117. The predicted molar refractivity (Wildman–Crippen MR) is 115 cm³/mol. The Kier molecular flexibility index (Phi) is 5.79. The fourth-order valence-corrected chi connectivity index (χ4v) is 3.73. The fraction of sp³-hybridized carbons (Fsp3) is 0.227. The first kappa shape index (κ1) is 19.8. The Bertz CT molecular complexity index is 1050. The van der Waals surface area contributed by atoms with E-state index in [2.05, 4.69) is 5.32 Å². The summed E-state index contributed by atoms with van der Waals surface area (Å²) in [5, 5.41) is 3.51. The van der Waals surface area contributed by atoms with Crippen molar-refractivity contribution in [2.75, 3.05) is 23.3 Å². The van der Waals surface area contributed by atoms with Gasteiger partial charge in [0.25, 0.3) is 5.91 Å². The number of hydrogen-bond donors (Lipinski definition) is 1. The highest BCUT2D eigenvalue weighted by Gasteiger charge is 2.17. The second-order valence-corrected chi connectivity index (χ2v) is 7.78. The van der Waals surface area contributed by atoms with Gasteiger partial charge in [0.2, 0.25) is 0 Å². The van der Waals surface area contributed by atoms with E-state index in [1.165, 1.54) is 12.5 Å². The van der Waals surface area contributed by atoms with Gasteiger partial charge in [-0.25, -0.2) is 4.39 Å². The van der Waals surface area contributed by atoms with Crippen molar-refractivity contribution in [3.8, 4) is 11.3 Å². The predicted octanol–water partition coefficient (Wildman–Crippen LogP) is 6.64. The minimum Gasteiger partial charge on any atom is -0.451 e. The SMILES string of the molecule is O=C(Nc1ccc(N2CCCCC2)c(F)c1)c1ccc(-c2ccc(Cl)c(Cl)c2)o1. The maximum atomic E-state index is 14.5. The van der Waals surface area contributed by atoms with E-state index in [-0.39, 0.29) is 11.6 Å². The van der Waals surface area contributed by atoms with Gasteiger partial charge in [0.1, 0.15) is 11.6 Å². The van der Waals surface area contributed by atoms with Crippen LogP contribution in [0.2, 0.25) is 10.0 Å². The quantitative estimate of drug-likeness (QED) is 0.502. The molecule has 0 atom stereocenters. The van der Waals surface area contributed by atoms with Gasteiger partial charge < -0.3 is 14.6 Å². The number of benzene rings is 2. The number of piperidine rings is 1. The van der Waals surface area contributed by atoms with Crippen LogP contribution in [0.5, 0.6) is 0 Å². The number of halogens is 3. The molecule has 0 bridgehead atoms. The highest BCUT2D eigenvalue weighted by atomic mass is 35.5. The molecule has 1 N–H and O–H groups in total. The smallest absolute Gasteiger partial charge is 0.291 e. The van der Waals surface area contributed by atoms with Crippen LogP contribution in [0.15, 0.2) is 52.9 Å². The molecule has 1 aliphatic heterocycles. The molecule has 2 heterocycles. The number of nitrogens with zero attached hydrogens (tertiary/aromatic N) is 1. The van der Waals surface area contributed by atoms with Crippen LogP contribution in [-0.2, 0) is 0 Å². The second-order valence-electron chi connectivity index (χ2n) is 6.96. The summed E-state index contributed by atoms with van der Waals surface area (Å²) in [6.07, 6.45) is 3.31. The van der Waals surface area contributed by atoms with Crippen molar-refractivity contribution < 1.29 is 13.6 Å². The van der Waals surface area contributed by atoms with Crippen LogP contribution in [-0.4, -0.2) is 19.0 Å². The Hall–Kier alpha value is -2.50. The maximum Gasteiger partial charge on any atom is 0.291 e. The zero-order valence-electron chi connectivity index (χ0n) is 15.6. The molecule has 29 heavy (non-hydrogen) atoms. The van der Waals surface area contributed by atoms with Gasteiger partial charge in [0.05, 0.1) is 15.7 Å². The molecule has 0 saturated carbocycles. The number of anilines is 2. The molecule has 1 saturated heterocycles. The first-order valence-electron chi connectivity index (χ1n) is 9.42. The topological polar surface area (TPSA) is 45.5 Å². The number of amides is 1. The van der Waals surface area contributed by atoms with Gasteiger partial charge in [0, 0.05) is 24.3 Å². The summed E-state index contributed by atoms with van der Waals surface area (Å²) < 4.78 is 20.2. The van der Waals surface area contributed by atoms with Crippen molar-refractivity contribution in [1.82, 2.24) is 0 Å². The van der Waals surface area contributed by atoms with Gasteiger partial charge in [-0.1, -0.05) is 23.2 Å². The van der Waals surface area contributed by atoms with Gasteiger partial charge in [-0.3, -0.25) is 4.79 Å². The van der Waals surface area contributed by atoms with Crippen molar-refractivity contribution >= 4 is 40.5 Å². The monoisotopic (exact) mass is 432 g/mol. The molecule has 1 fully saturated rings. The van der Waals surface area contributed by atoms with Crippen LogP contribution in [0.3, 0.4) is 0 Å². The molecule has 3 aromatic rings. The summed E-state index contributed by atoms with van der Waals surface area (Å²) in [4.78, 5) is 14.5. The molecule has 150 valence electrons.